The summed E-state index contributed by atoms with van der Waals surface area (Å²) in [5, 5.41) is 0. The van der Waals surface area contributed by atoms with Crippen LogP contribution in [0.5, 0.6) is 5.75 Å². The Labute approximate surface area is 162 Å². The zero-order valence-electron chi connectivity index (χ0n) is 15.9. The lowest BCUT2D eigenvalue weighted by molar-refractivity contribution is -0.134. The van der Waals surface area contributed by atoms with Gasteiger partial charge < -0.3 is 4.74 Å². The monoisotopic (exact) mass is 372 g/mol. The van der Waals surface area contributed by atoms with E-state index in [1.807, 2.05) is 18.5 Å². The molecule has 26 heavy (non-hydrogen) atoms. The molecule has 2 saturated carbocycles. The first kappa shape index (κ1) is 18.1. The van der Waals surface area contributed by atoms with Gasteiger partial charge in [0.25, 0.3) is 0 Å². The van der Waals surface area contributed by atoms with Gasteiger partial charge >= 0.3 is 5.97 Å². The molecule has 4 rings (SSSR count). The van der Waals surface area contributed by atoms with Crippen LogP contribution < -0.4 is 4.74 Å². The molecule has 1 aromatic carbocycles. The number of aryl methyl sites for hydroxylation is 1. The second kappa shape index (κ2) is 7.03. The first-order valence-electron chi connectivity index (χ1n) is 10.2. The Morgan fingerprint density at radius 3 is 2.92 bits per heavy atom. The van der Waals surface area contributed by atoms with Crippen LogP contribution in [0.2, 0.25) is 0 Å². The van der Waals surface area contributed by atoms with E-state index in [9.17, 15) is 4.79 Å². The van der Waals surface area contributed by atoms with Crippen LogP contribution in [0.15, 0.2) is 29.3 Å². The fourth-order valence-corrected chi connectivity index (χ4v) is 6.39. The Morgan fingerprint density at radius 2 is 2.15 bits per heavy atom. The maximum Gasteiger partial charge on any atom is 0.311 e. The number of hydrogen-bond acceptors (Lipinski definition) is 2. The van der Waals surface area contributed by atoms with Crippen LogP contribution in [0.25, 0.3) is 0 Å². The average Bonchev–Trinajstić information content (AvgIpc) is 2.97. The molecule has 3 aliphatic carbocycles. The summed E-state index contributed by atoms with van der Waals surface area (Å²) < 4.78 is 5.51. The maximum atomic E-state index is 11.8. The van der Waals surface area contributed by atoms with Gasteiger partial charge in [-0.25, -0.2) is 0 Å². The van der Waals surface area contributed by atoms with Crippen LogP contribution in [0, 0.1) is 17.3 Å². The molecule has 0 heterocycles. The number of allylic oxidation sites excluding steroid dienone is 1. The van der Waals surface area contributed by atoms with Crippen molar-refractivity contribution in [2.24, 2.45) is 17.3 Å². The second-order valence-corrected chi connectivity index (χ2v) is 8.85. The van der Waals surface area contributed by atoms with Crippen molar-refractivity contribution in [2.45, 2.75) is 71.1 Å². The molecule has 0 N–H and O–H groups in total. The maximum absolute atomic E-state index is 11.8. The number of hydrogen-bond donors (Lipinski definition) is 0. The molecule has 0 unspecified atom stereocenters. The second-order valence-electron chi connectivity index (χ2n) is 8.63. The first-order valence-corrected chi connectivity index (χ1v) is 10.6. The summed E-state index contributed by atoms with van der Waals surface area (Å²) >= 11 is 6.15. The van der Waals surface area contributed by atoms with E-state index in [1.165, 1.54) is 48.8 Å². The molecule has 2 nitrogen and oxygen atoms in total. The summed E-state index contributed by atoms with van der Waals surface area (Å²) in [6.07, 6.45) is 8.61. The number of carbonyl (C=O) groups excluding carboxylic acids is 1. The van der Waals surface area contributed by atoms with E-state index in [-0.39, 0.29) is 5.97 Å². The molecule has 0 radical (unpaired) electrons. The van der Waals surface area contributed by atoms with Crippen LogP contribution in [0.3, 0.4) is 0 Å². The van der Waals surface area contributed by atoms with Gasteiger partial charge in [0, 0.05) is 12.0 Å². The first-order chi connectivity index (χ1) is 12.6. The normalized spacial score (nSPS) is 34.1. The number of benzene rings is 1. The highest BCUT2D eigenvalue weighted by Gasteiger charge is 2.52. The Balaban J connectivity index is 1.57. The van der Waals surface area contributed by atoms with Gasteiger partial charge in [-0.3, -0.25) is 4.79 Å². The summed E-state index contributed by atoms with van der Waals surface area (Å²) in [4.78, 5) is 11.8. The Morgan fingerprint density at radius 1 is 1.31 bits per heavy atom. The Kier molecular flexibility index (Phi) is 4.90. The van der Waals surface area contributed by atoms with E-state index in [4.69, 9.17) is 16.3 Å². The molecule has 140 valence electrons. The summed E-state index contributed by atoms with van der Waals surface area (Å²) in [7, 11) is 0. The number of carbonyl (C=O) groups is 1. The third-order valence-electron chi connectivity index (χ3n) is 7.36. The van der Waals surface area contributed by atoms with E-state index in [2.05, 4.69) is 19.1 Å². The van der Waals surface area contributed by atoms with Gasteiger partial charge in [0.2, 0.25) is 0 Å². The highest BCUT2D eigenvalue weighted by molar-refractivity contribution is 6.25. The fraction of sp³-hybridized carbons (Fsp3) is 0.609. The summed E-state index contributed by atoms with van der Waals surface area (Å²) in [6, 6.07) is 6.35. The molecule has 3 aliphatic rings. The molecule has 0 aromatic heterocycles. The lowest BCUT2D eigenvalue weighted by Crippen LogP contribution is -2.40. The third kappa shape index (κ3) is 2.91. The van der Waals surface area contributed by atoms with Gasteiger partial charge in [-0.15, -0.1) is 0 Å². The topological polar surface area (TPSA) is 26.3 Å². The van der Waals surface area contributed by atoms with Gasteiger partial charge in [-0.2, -0.15) is 0 Å². The molecule has 4 atom stereocenters. The predicted molar refractivity (Wildman–Crippen MR) is 106 cm³/mol. The summed E-state index contributed by atoms with van der Waals surface area (Å²) in [6.45, 7) is 4.44. The van der Waals surface area contributed by atoms with E-state index in [0.29, 0.717) is 17.8 Å². The summed E-state index contributed by atoms with van der Waals surface area (Å²) in [5.41, 5.74) is 6.56. The van der Waals surface area contributed by atoms with Crippen molar-refractivity contribution in [3.63, 3.8) is 0 Å². The summed E-state index contributed by atoms with van der Waals surface area (Å²) in [5.74, 6) is 2.78. The molecule has 0 bridgehead atoms. The number of esters is 1. The number of ether oxygens (including phenoxy) is 1. The minimum Gasteiger partial charge on any atom is -0.427 e. The third-order valence-corrected chi connectivity index (χ3v) is 7.63. The fourth-order valence-electron chi connectivity index (χ4n) is 6.04. The average molecular weight is 373 g/mol. The lowest BCUT2D eigenvalue weighted by atomic mass is 9.55. The Hall–Kier alpha value is -1.28. The van der Waals surface area contributed by atoms with Crippen LogP contribution >= 0.6 is 11.6 Å². The van der Waals surface area contributed by atoms with Crippen LogP contribution in [-0.2, 0) is 11.2 Å². The molecule has 0 saturated heterocycles. The quantitative estimate of drug-likeness (QED) is 0.455. The number of halogens is 1. The van der Waals surface area contributed by atoms with Crippen LogP contribution in [-0.4, -0.2) is 5.97 Å². The molecular weight excluding hydrogens is 344 g/mol. The number of rotatable bonds is 3. The van der Waals surface area contributed by atoms with Crippen molar-refractivity contribution >= 4 is 17.6 Å². The van der Waals surface area contributed by atoms with Crippen molar-refractivity contribution in [3.8, 4) is 5.75 Å². The van der Waals surface area contributed by atoms with E-state index in [1.54, 1.807) is 0 Å². The zero-order chi connectivity index (χ0) is 18.3. The Bertz CT molecular complexity index is 738. The predicted octanol–water partition coefficient (Wildman–Crippen LogP) is 6.37. The molecule has 0 amide bonds. The van der Waals surface area contributed by atoms with E-state index in [0.717, 1.165) is 30.4 Å². The van der Waals surface area contributed by atoms with Crippen molar-refractivity contribution < 1.29 is 9.53 Å². The van der Waals surface area contributed by atoms with Crippen molar-refractivity contribution in [3.05, 3.63) is 40.4 Å². The van der Waals surface area contributed by atoms with E-state index >= 15 is 0 Å². The smallest absolute Gasteiger partial charge is 0.311 e. The van der Waals surface area contributed by atoms with Gasteiger partial charge in [-0.05, 0) is 91.4 Å². The zero-order valence-corrected chi connectivity index (χ0v) is 16.6. The van der Waals surface area contributed by atoms with Gasteiger partial charge in [0.15, 0.2) is 0 Å². The van der Waals surface area contributed by atoms with Gasteiger partial charge in [-0.1, -0.05) is 37.1 Å². The largest absolute Gasteiger partial charge is 0.427 e. The van der Waals surface area contributed by atoms with Gasteiger partial charge in [0.05, 0.1) is 0 Å². The highest BCUT2D eigenvalue weighted by Crippen LogP contribution is 2.62. The number of fused-ring (bicyclic) bond motifs is 5. The van der Waals surface area contributed by atoms with E-state index < -0.39 is 0 Å². The van der Waals surface area contributed by atoms with Crippen molar-refractivity contribution in [1.29, 1.82) is 0 Å². The van der Waals surface area contributed by atoms with Gasteiger partial charge in [0.1, 0.15) is 5.75 Å². The SMILES string of the molecule is CCCC(=O)Oc1ccc2c(c1)CC[C@@H]1[C@@H]2CC[C@]2(C)C(=CCl)CC[C@@H]12. The molecular formula is C23H29ClO2. The minimum absolute atomic E-state index is 0.124. The van der Waals surface area contributed by atoms with Crippen molar-refractivity contribution in [2.75, 3.05) is 0 Å². The van der Waals surface area contributed by atoms with Crippen molar-refractivity contribution in [1.82, 2.24) is 0 Å². The molecule has 2 fully saturated rings. The van der Waals surface area contributed by atoms with Crippen LogP contribution in [0.4, 0.5) is 0 Å². The molecule has 3 heteroatoms. The lowest BCUT2D eigenvalue weighted by Gasteiger charge is -2.49. The standard InChI is InChI=1S/C23H29ClO2/c1-3-4-22(25)26-17-7-9-18-15(13-17)5-8-20-19(18)11-12-23(2)16(14-24)6-10-21(20)23/h7,9,13-14,19-21H,3-6,8,10-12H2,1-2H3/t19-,20-,21+,23-/m1/s1. The molecule has 0 spiro atoms. The molecule has 0 aliphatic heterocycles. The minimum atomic E-state index is -0.124. The molecule has 1 aromatic rings. The highest BCUT2D eigenvalue weighted by atomic mass is 35.5. The van der Waals surface area contributed by atoms with Crippen LogP contribution in [0.1, 0.15) is 75.8 Å².